The first-order valence-electron chi connectivity index (χ1n) is 25.7. The van der Waals surface area contributed by atoms with E-state index in [1.807, 2.05) is 12.2 Å². The van der Waals surface area contributed by atoms with Crippen molar-refractivity contribution in [1.29, 1.82) is 0 Å². The summed E-state index contributed by atoms with van der Waals surface area (Å²) >= 11 is 0. The molecule has 0 radical (unpaired) electrons. The Kier molecular flexibility index (Phi) is 48.6. The van der Waals surface area contributed by atoms with Gasteiger partial charge in [0.1, 0.15) is 13.2 Å². The van der Waals surface area contributed by atoms with Crippen LogP contribution in [-0.2, 0) is 28.6 Å². The standard InChI is InChI=1S/C59H92O6/c1-4-7-10-13-16-19-22-25-27-28-29-30-32-34-37-40-43-46-49-52-58(61)64-55-56(54-63-57(60)51-48-45-42-39-36-33-24-21-18-15-12-9-6-3)65-59(62)53-50-47-44-41-38-35-31-26-23-20-17-14-11-8-5-2/h8-9,11-12,16-21,25-27,29-31,33,36,38,41-42,45,56H,4-7,10,13-15,22-24,28,32,34-35,37,39-40,43-44,46-55H2,1-3H3/b11-8-,12-9-,19-16-,20-17-,21-18-,27-25-,30-29-,31-26-,36-33-,41-38-,45-42-. The largest absolute Gasteiger partial charge is 0.462 e. The van der Waals surface area contributed by atoms with Gasteiger partial charge in [0.25, 0.3) is 0 Å². The molecular weight excluding hydrogens is 805 g/mol. The number of carbonyl (C=O) groups is 3. The van der Waals surface area contributed by atoms with Crippen molar-refractivity contribution >= 4 is 17.9 Å². The maximum atomic E-state index is 12.8. The van der Waals surface area contributed by atoms with Crippen molar-refractivity contribution < 1.29 is 28.6 Å². The summed E-state index contributed by atoms with van der Waals surface area (Å²) in [6.07, 6.45) is 73.1. The van der Waals surface area contributed by atoms with E-state index in [2.05, 4.69) is 142 Å². The van der Waals surface area contributed by atoms with E-state index >= 15 is 0 Å². The molecule has 0 amide bonds. The molecule has 0 spiro atoms. The van der Waals surface area contributed by atoms with Gasteiger partial charge in [-0.05, 0) is 122 Å². The lowest BCUT2D eigenvalue weighted by atomic mass is 10.1. The average molecular weight is 897 g/mol. The number of allylic oxidation sites excluding steroid dienone is 22. The van der Waals surface area contributed by atoms with Gasteiger partial charge in [-0.15, -0.1) is 0 Å². The van der Waals surface area contributed by atoms with Crippen molar-refractivity contribution in [2.45, 2.75) is 207 Å². The first-order valence-corrected chi connectivity index (χ1v) is 25.7. The Morgan fingerprint density at radius 3 is 1.06 bits per heavy atom. The van der Waals surface area contributed by atoms with Gasteiger partial charge >= 0.3 is 17.9 Å². The van der Waals surface area contributed by atoms with Gasteiger partial charge in [-0.2, -0.15) is 0 Å². The van der Waals surface area contributed by atoms with E-state index in [-0.39, 0.29) is 44.0 Å². The van der Waals surface area contributed by atoms with E-state index in [9.17, 15) is 14.4 Å². The predicted molar refractivity (Wildman–Crippen MR) is 279 cm³/mol. The molecule has 65 heavy (non-hydrogen) atoms. The summed E-state index contributed by atoms with van der Waals surface area (Å²) in [5.74, 6) is -1.08. The molecule has 0 fully saturated rings. The molecule has 0 saturated carbocycles. The molecule has 0 aromatic carbocycles. The van der Waals surface area contributed by atoms with Crippen LogP contribution < -0.4 is 0 Å². The van der Waals surface area contributed by atoms with Crippen LogP contribution in [0, 0.1) is 0 Å². The van der Waals surface area contributed by atoms with Crippen LogP contribution in [0.25, 0.3) is 0 Å². The Bertz CT molecular complexity index is 1450. The van der Waals surface area contributed by atoms with Gasteiger partial charge in [-0.3, -0.25) is 14.4 Å². The molecule has 0 bridgehead atoms. The van der Waals surface area contributed by atoms with Crippen LogP contribution in [0.2, 0.25) is 0 Å². The minimum atomic E-state index is -0.838. The van der Waals surface area contributed by atoms with Crippen molar-refractivity contribution in [3.8, 4) is 0 Å². The number of esters is 3. The summed E-state index contributed by atoms with van der Waals surface area (Å²) in [6.45, 7) is 6.24. The van der Waals surface area contributed by atoms with Crippen LogP contribution in [0.5, 0.6) is 0 Å². The lowest BCUT2D eigenvalue weighted by Gasteiger charge is -2.18. The third-order valence-corrected chi connectivity index (χ3v) is 10.1. The maximum Gasteiger partial charge on any atom is 0.306 e. The van der Waals surface area contributed by atoms with E-state index in [0.717, 1.165) is 109 Å². The van der Waals surface area contributed by atoms with Gasteiger partial charge in [0.2, 0.25) is 0 Å². The second-order valence-corrected chi connectivity index (χ2v) is 16.3. The Morgan fingerprint density at radius 2 is 0.631 bits per heavy atom. The van der Waals surface area contributed by atoms with Crippen molar-refractivity contribution in [3.05, 3.63) is 134 Å². The summed E-state index contributed by atoms with van der Waals surface area (Å²) in [7, 11) is 0. The van der Waals surface area contributed by atoms with Crippen LogP contribution in [-0.4, -0.2) is 37.2 Å². The van der Waals surface area contributed by atoms with E-state index in [4.69, 9.17) is 14.2 Å². The molecule has 364 valence electrons. The summed E-state index contributed by atoms with van der Waals surface area (Å²) in [6, 6.07) is 0. The van der Waals surface area contributed by atoms with Crippen molar-refractivity contribution in [3.63, 3.8) is 0 Å². The minimum Gasteiger partial charge on any atom is -0.462 e. The fourth-order valence-electron chi connectivity index (χ4n) is 6.33. The summed E-state index contributed by atoms with van der Waals surface area (Å²) < 4.78 is 16.7. The molecule has 0 aliphatic carbocycles. The number of carbonyl (C=O) groups excluding carboxylic acids is 3. The second kappa shape index (κ2) is 52.2. The highest BCUT2D eigenvalue weighted by molar-refractivity contribution is 5.71. The SMILES string of the molecule is CC/C=C\C/C=C\C/C=C\C/C=C\CCCCC(=O)OC(COC(=O)CC/C=C\C/C=C\C/C=C\C/C=C\CC)COC(=O)CCCCCCCC/C=C\C/C=C\C/C=C\CCCCC. The third-order valence-electron chi connectivity index (χ3n) is 10.1. The number of ether oxygens (including phenoxy) is 3. The van der Waals surface area contributed by atoms with Crippen LogP contribution >= 0.6 is 0 Å². The Hall–Kier alpha value is -4.45. The number of hydrogen-bond acceptors (Lipinski definition) is 6. The summed E-state index contributed by atoms with van der Waals surface area (Å²) in [5.41, 5.74) is 0. The highest BCUT2D eigenvalue weighted by Gasteiger charge is 2.19. The Labute approximate surface area is 398 Å². The maximum absolute atomic E-state index is 12.8. The van der Waals surface area contributed by atoms with Crippen molar-refractivity contribution in [2.24, 2.45) is 0 Å². The molecule has 0 saturated heterocycles. The highest BCUT2D eigenvalue weighted by atomic mass is 16.6. The quantitative estimate of drug-likeness (QED) is 0.0262. The smallest absolute Gasteiger partial charge is 0.306 e. The number of unbranched alkanes of at least 4 members (excludes halogenated alkanes) is 11. The highest BCUT2D eigenvalue weighted by Crippen LogP contribution is 2.12. The van der Waals surface area contributed by atoms with Gasteiger partial charge in [0.15, 0.2) is 6.10 Å². The summed E-state index contributed by atoms with van der Waals surface area (Å²) in [4.78, 5) is 37.9. The first-order chi connectivity index (χ1) is 32.0. The van der Waals surface area contributed by atoms with Crippen LogP contribution in [0.3, 0.4) is 0 Å². The average Bonchev–Trinajstić information content (AvgIpc) is 3.30. The first kappa shape index (κ1) is 60.5. The molecule has 0 heterocycles. The van der Waals surface area contributed by atoms with Gasteiger partial charge in [0.05, 0.1) is 0 Å². The van der Waals surface area contributed by atoms with Crippen LogP contribution in [0.4, 0.5) is 0 Å². The molecule has 6 heteroatoms. The molecule has 1 unspecified atom stereocenters. The lowest BCUT2D eigenvalue weighted by Crippen LogP contribution is -2.30. The zero-order chi connectivity index (χ0) is 47.2. The molecule has 1 atom stereocenters. The zero-order valence-electron chi connectivity index (χ0n) is 41.4. The summed E-state index contributed by atoms with van der Waals surface area (Å²) in [5, 5.41) is 0. The topological polar surface area (TPSA) is 78.9 Å². The zero-order valence-corrected chi connectivity index (χ0v) is 41.4. The fraction of sp³-hybridized carbons (Fsp3) is 0.576. The van der Waals surface area contributed by atoms with E-state index in [1.54, 1.807) is 0 Å². The minimum absolute atomic E-state index is 0.129. The van der Waals surface area contributed by atoms with E-state index < -0.39 is 6.10 Å². The molecule has 6 nitrogen and oxygen atoms in total. The van der Waals surface area contributed by atoms with Gasteiger partial charge in [-0.25, -0.2) is 0 Å². The molecular formula is C59H92O6. The third kappa shape index (κ3) is 50.4. The molecule has 0 aromatic heterocycles. The Morgan fingerprint density at radius 1 is 0.323 bits per heavy atom. The normalized spacial score (nSPS) is 13.2. The molecule has 0 N–H and O–H groups in total. The second-order valence-electron chi connectivity index (χ2n) is 16.3. The number of rotatable bonds is 44. The lowest BCUT2D eigenvalue weighted by molar-refractivity contribution is -0.166. The predicted octanol–water partition coefficient (Wildman–Crippen LogP) is 17.1. The van der Waals surface area contributed by atoms with Gasteiger partial charge < -0.3 is 14.2 Å². The number of hydrogen-bond donors (Lipinski definition) is 0. The van der Waals surface area contributed by atoms with Crippen LogP contribution in [0.1, 0.15) is 201 Å². The van der Waals surface area contributed by atoms with Crippen molar-refractivity contribution in [1.82, 2.24) is 0 Å². The molecule has 0 aliphatic rings. The molecule has 0 aliphatic heterocycles. The van der Waals surface area contributed by atoms with Gasteiger partial charge in [-0.1, -0.05) is 193 Å². The van der Waals surface area contributed by atoms with E-state index in [0.29, 0.717) is 19.3 Å². The fourth-order valence-corrected chi connectivity index (χ4v) is 6.33. The van der Waals surface area contributed by atoms with E-state index in [1.165, 1.54) is 38.5 Å². The molecule has 0 rings (SSSR count). The molecule has 0 aromatic rings. The van der Waals surface area contributed by atoms with Gasteiger partial charge in [0, 0.05) is 19.3 Å². The van der Waals surface area contributed by atoms with Crippen LogP contribution in [0.15, 0.2) is 134 Å². The monoisotopic (exact) mass is 897 g/mol. The van der Waals surface area contributed by atoms with Crippen molar-refractivity contribution in [2.75, 3.05) is 13.2 Å². The Balaban J connectivity index is 4.56.